The molecule has 0 aromatic heterocycles. The fourth-order valence-corrected chi connectivity index (χ4v) is 1.02. The lowest BCUT2D eigenvalue weighted by Gasteiger charge is -1.94. The Kier molecular flexibility index (Phi) is 2.21. The molecule has 4 heteroatoms. The normalized spacial score (nSPS) is 16.2. The van der Waals surface area contributed by atoms with Gasteiger partial charge in [0.25, 0.3) is 0 Å². The van der Waals surface area contributed by atoms with Crippen molar-refractivity contribution < 1.29 is 9.53 Å². The molecule has 1 heterocycles. The van der Waals surface area contributed by atoms with Gasteiger partial charge in [0.15, 0.2) is 0 Å². The third-order valence-corrected chi connectivity index (χ3v) is 1.63. The van der Waals surface area contributed by atoms with E-state index in [4.69, 9.17) is 0 Å². The number of aliphatic imine (C=N–C) groups is 1. The Labute approximate surface area is 66.9 Å². The number of carbonyl (C=O) groups excluding carboxylic acids is 1. The Hall–Kier alpha value is -0.640. The second kappa shape index (κ2) is 2.96. The Morgan fingerprint density at radius 2 is 2.60 bits per heavy atom. The average Bonchev–Trinajstić information content (AvgIpc) is 2.34. The van der Waals surface area contributed by atoms with Gasteiger partial charge in [-0.3, -0.25) is 0 Å². The van der Waals surface area contributed by atoms with Gasteiger partial charge in [-0.15, -0.1) is 0 Å². The van der Waals surface area contributed by atoms with Crippen LogP contribution in [0.3, 0.4) is 0 Å². The third-order valence-electron chi connectivity index (χ3n) is 1.13. The van der Waals surface area contributed by atoms with Crippen molar-refractivity contribution >= 4 is 27.6 Å². The van der Waals surface area contributed by atoms with Crippen LogP contribution in [-0.4, -0.2) is 18.8 Å². The summed E-state index contributed by atoms with van der Waals surface area (Å²) in [5.41, 5.74) is 0.453. The number of rotatable bonds is 1. The van der Waals surface area contributed by atoms with E-state index in [9.17, 15) is 4.79 Å². The highest BCUT2D eigenvalue weighted by atomic mass is 79.9. The summed E-state index contributed by atoms with van der Waals surface area (Å²) < 4.78 is 5.16. The third kappa shape index (κ3) is 1.44. The predicted molar refractivity (Wildman–Crippen MR) is 41.1 cm³/mol. The number of halogens is 1. The minimum Gasteiger partial charge on any atom is -0.465 e. The average molecular weight is 204 g/mol. The molecule has 0 N–H and O–H groups in total. The maximum Gasteiger partial charge on any atom is 0.352 e. The van der Waals surface area contributed by atoms with Gasteiger partial charge in [-0.05, 0) is 22.0 Å². The standard InChI is InChI=1S/C6H6BrNO2/c1-10-6(9)4-2-3-5(7)8-4/h3H,2H2,1H3. The molecule has 1 rings (SSSR count). The molecule has 0 spiro atoms. The fraction of sp³-hybridized carbons (Fsp3) is 0.333. The maximum absolute atomic E-state index is 10.8. The number of carbonyl (C=O) groups is 1. The molecule has 0 bridgehead atoms. The monoisotopic (exact) mass is 203 g/mol. The van der Waals surface area contributed by atoms with Crippen LogP contribution in [0.2, 0.25) is 0 Å². The lowest BCUT2D eigenvalue weighted by atomic mass is 10.3. The van der Waals surface area contributed by atoms with E-state index < -0.39 is 0 Å². The molecule has 0 unspecified atom stereocenters. The number of hydrogen-bond donors (Lipinski definition) is 0. The molecule has 0 saturated heterocycles. The Bertz CT molecular complexity index is 220. The van der Waals surface area contributed by atoms with Crippen molar-refractivity contribution in [2.45, 2.75) is 6.42 Å². The van der Waals surface area contributed by atoms with E-state index in [1.165, 1.54) is 7.11 Å². The van der Waals surface area contributed by atoms with Gasteiger partial charge in [-0.1, -0.05) is 0 Å². The fourth-order valence-electron chi connectivity index (χ4n) is 0.648. The highest BCUT2D eigenvalue weighted by Gasteiger charge is 2.14. The molecule has 0 aliphatic carbocycles. The van der Waals surface area contributed by atoms with Crippen LogP contribution < -0.4 is 0 Å². The zero-order chi connectivity index (χ0) is 7.56. The van der Waals surface area contributed by atoms with Crippen LogP contribution in [0, 0.1) is 0 Å². The minimum atomic E-state index is -0.356. The SMILES string of the molecule is COC(=O)C1=NC(Br)=CC1. The summed E-state index contributed by atoms with van der Waals surface area (Å²) in [7, 11) is 1.34. The summed E-state index contributed by atoms with van der Waals surface area (Å²) in [4.78, 5) is 14.6. The van der Waals surface area contributed by atoms with Gasteiger partial charge in [0.2, 0.25) is 0 Å². The summed E-state index contributed by atoms with van der Waals surface area (Å²) >= 11 is 3.14. The lowest BCUT2D eigenvalue weighted by Crippen LogP contribution is -2.12. The van der Waals surface area contributed by atoms with Gasteiger partial charge in [0.1, 0.15) is 10.3 Å². The summed E-state index contributed by atoms with van der Waals surface area (Å²) in [6.45, 7) is 0. The molecule has 10 heavy (non-hydrogen) atoms. The zero-order valence-corrected chi connectivity index (χ0v) is 7.01. The van der Waals surface area contributed by atoms with Crippen molar-refractivity contribution in [2.75, 3.05) is 7.11 Å². The number of allylic oxidation sites excluding steroid dienone is 1. The van der Waals surface area contributed by atoms with E-state index in [1.54, 1.807) is 0 Å². The molecule has 3 nitrogen and oxygen atoms in total. The summed E-state index contributed by atoms with van der Waals surface area (Å²) in [6, 6.07) is 0. The molecule has 54 valence electrons. The minimum absolute atomic E-state index is 0.356. The predicted octanol–water partition coefficient (Wildman–Crippen LogP) is 1.24. The molecular weight excluding hydrogens is 198 g/mol. The first-order valence-electron chi connectivity index (χ1n) is 2.75. The Morgan fingerprint density at radius 1 is 1.90 bits per heavy atom. The topological polar surface area (TPSA) is 38.7 Å². The van der Waals surface area contributed by atoms with Crippen LogP contribution in [0.25, 0.3) is 0 Å². The molecule has 0 amide bonds. The van der Waals surface area contributed by atoms with Crippen molar-refractivity contribution in [3.8, 4) is 0 Å². The summed E-state index contributed by atoms with van der Waals surface area (Å²) in [6.07, 6.45) is 2.37. The van der Waals surface area contributed by atoms with E-state index in [0.717, 1.165) is 0 Å². The van der Waals surface area contributed by atoms with Crippen LogP contribution in [-0.2, 0) is 9.53 Å². The molecule has 1 aliphatic rings. The van der Waals surface area contributed by atoms with Crippen LogP contribution in [0.5, 0.6) is 0 Å². The molecule has 0 saturated carbocycles. The highest BCUT2D eigenvalue weighted by Crippen LogP contribution is 2.16. The van der Waals surface area contributed by atoms with Crippen LogP contribution in [0.15, 0.2) is 15.7 Å². The van der Waals surface area contributed by atoms with Gasteiger partial charge in [-0.2, -0.15) is 0 Å². The Balaban J connectivity index is 2.63. The molecule has 1 aliphatic heterocycles. The van der Waals surface area contributed by atoms with Crippen molar-refractivity contribution in [3.05, 3.63) is 10.7 Å². The summed E-state index contributed by atoms with van der Waals surface area (Å²) in [5, 5.41) is 0. The quantitative estimate of drug-likeness (QED) is 0.476. The molecule has 0 fully saturated rings. The van der Waals surface area contributed by atoms with E-state index >= 15 is 0 Å². The van der Waals surface area contributed by atoms with Crippen LogP contribution in [0.1, 0.15) is 6.42 Å². The Morgan fingerprint density at radius 3 is 3.00 bits per heavy atom. The first-order valence-corrected chi connectivity index (χ1v) is 3.55. The van der Waals surface area contributed by atoms with Gasteiger partial charge < -0.3 is 4.74 Å². The second-order valence-electron chi connectivity index (χ2n) is 1.78. The van der Waals surface area contributed by atoms with Crippen molar-refractivity contribution in [1.29, 1.82) is 0 Å². The molecule has 0 aromatic rings. The molecule has 0 aromatic carbocycles. The van der Waals surface area contributed by atoms with E-state index in [-0.39, 0.29) is 5.97 Å². The number of ether oxygens (including phenoxy) is 1. The highest BCUT2D eigenvalue weighted by molar-refractivity contribution is 9.11. The second-order valence-corrected chi connectivity index (χ2v) is 2.59. The largest absolute Gasteiger partial charge is 0.465 e. The number of nitrogens with zero attached hydrogens (tertiary/aromatic N) is 1. The van der Waals surface area contributed by atoms with Crippen molar-refractivity contribution in [3.63, 3.8) is 0 Å². The molecular formula is C6H6BrNO2. The molecule has 0 radical (unpaired) electrons. The van der Waals surface area contributed by atoms with E-state index in [0.29, 0.717) is 16.7 Å². The van der Waals surface area contributed by atoms with Gasteiger partial charge in [0.05, 0.1) is 7.11 Å². The van der Waals surface area contributed by atoms with Crippen molar-refractivity contribution in [1.82, 2.24) is 0 Å². The van der Waals surface area contributed by atoms with Crippen LogP contribution >= 0.6 is 15.9 Å². The van der Waals surface area contributed by atoms with E-state index in [1.807, 2.05) is 6.08 Å². The lowest BCUT2D eigenvalue weighted by molar-refractivity contribution is -0.132. The number of methoxy groups -OCH3 is 1. The first kappa shape index (κ1) is 7.47. The smallest absolute Gasteiger partial charge is 0.352 e. The first-order chi connectivity index (χ1) is 4.74. The number of hydrogen-bond acceptors (Lipinski definition) is 3. The molecule has 0 atom stereocenters. The van der Waals surface area contributed by atoms with E-state index in [2.05, 4.69) is 25.7 Å². The van der Waals surface area contributed by atoms with Gasteiger partial charge in [-0.25, -0.2) is 9.79 Å². The summed E-state index contributed by atoms with van der Waals surface area (Å²) in [5.74, 6) is -0.356. The maximum atomic E-state index is 10.8. The van der Waals surface area contributed by atoms with Gasteiger partial charge >= 0.3 is 5.97 Å². The zero-order valence-electron chi connectivity index (χ0n) is 5.43. The number of esters is 1. The van der Waals surface area contributed by atoms with Crippen molar-refractivity contribution in [2.24, 2.45) is 4.99 Å². The van der Waals surface area contributed by atoms with Crippen LogP contribution in [0.4, 0.5) is 0 Å². The van der Waals surface area contributed by atoms with Gasteiger partial charge in [0, 0.05) is 6.42 Å².